The molecule has 0 radical (unpaired) electrons. The molecule has 1 aliphatic rings. The summed E-state index contributed by atoms with van der Waals surface area (Å²) in [6, 6.07) is 16.0. The number of aliphatic carboxylic acids is 1. The number of amides is 2. The van der Waals surface area contributed by atoms with Crippen molar-refractivity contribution in [1.29, 1.82) is 0 Å². The predicted octanol–water partition coefficient (Wildman–Crippen LogP) is 2.01. The number of carbonyl (C=O) groups is 3. The number of nitrogens with one attached hydrogen (secondary N) is 1. The predicted molar refractivity (Wildman–Crippen MR) is 128 cm³/mol. The van der Waals surface area contributed by atoms with Crippen molar-refractivity contribution < 1.29 is 24.2 Å². The van der Waals surface area contributed by atoms with E-state index in [1.807, 2.05) is 42.5 Å². The lowest BCUT2D eigenvalue weighted by Gasteiger charge is -2.27. The largest absolute Gasteiger partial charge is 0.481 e. The van der Waals surface area contributed by atoms with Crippen LogP contribution >= 0.6 is 0 Å². The number of nitrogens with two attached hydrogens (primary N) is 1. The van der Waals surface area contributed by atoms with Crippen LogP contribution in [0.5, 0.6) is 0 Å². The molecule has 1 fully saturated rings. The van der Waals surface area contributed by atoms with Gasteiger partial charge in [-0.3, -0.25) is 14.4 Å². The van der Waals surface area contributed by atoms with Gasteiger partial charge in [-0.05, 0) is 48.9 Å². The van der Waals surface area contributed by atoms with Crippen LogP contribution in [0.2, 0.25) is 0 Å². The lowest BCUT2D eigenvalue weighted by molar-refractivity contribution is -0.137. The van der Waals surface area contributed by atoms with Gasteiger partial charge in [-0.1, -0.05) is 42.5 Å². The lowest BCUT2D eigenvalue weighted by atomic mass is 10.00. The highest BCUT2D eigenvalue weighted by Gasteiger charge is 2.21. The Balaban J connectivity index is 1.53. The summed E-state index contributed by atoms with van der Waals surface area (Å²) >= 11 is 0. The Morgan fingerprint density at radius 1 is 0.971 bits per heavy atom. The first-order chi connectivity index (χ1) is 16.4. The molecule has 1 heterocycles. The minimum Gasteiger partial charge on any atom is -0.481 e. The van der Waals surface area contributed by atoms with Crippen LogP contribution in [-0.2, 0) is 27.2 Å². The van der Waals surface area contributed by atoms with Gasteiger partial charge >= 0.3 is 5.97 Å². The van der Waals surface area contributed by atoms with E-state index in [1.54, 1.807) is 17.0 Å². The summed E-state index contributed by atoms with van der Waals surface area (Å²) in [5.74, 6) is -1.23. The van der Waals surface area contributed by atoms with Gasteiger partial charge in [0.2, 0.25) is 5.91 Å². The van der Waals surface area contributed by atoms with E-state index in [9.17, 15) is 14.4 Å². The molecule has 2 aromatic carbocycles. The van der Waals surface area contributed by atoms with Crippen LogP contribution in [-0.4, -0.2) is 66.2 Å². The van der Waals surface area contributed by atoms with Crippen LogP contribution in [0.25, 0.3) is 0 Å². The summed E-state index contributed by atoms with van der Waals surface area (Å²) in [6.45, 7) is 2.26. The Bertz CT molecular complexity index is 943. The van der Waals surface area contributed by atoms with Gasteiger partial charge in [0, 0.05) is 31.1 Å². The topological polar surface area (TPSA) is 122 Å². The number of ether oxygens (including phenoxy) is 1. The monoisotopic (exact) mass is 467 g/mol. The van der Waals surface area contributed by atoms with E-state index in [0.717, 1.165) is 17.5 Å². The molecule has 3 rings (SSSR count). The number of benzene rings is 2. The van der Waals surface area contributed by atoms with Crippen LogP contribution in [0.15, 0.2) is 54.6 Å². The number of aryl methyl sites for hydroxylation is 1. The second kappa shape index (κ2) is 12.9. The van der Waals surface area contributed by atoms with Gasteiger partial charge in [0.25, 0.3) is 5.91 Å². The first-order valence-corrected chi connectivity index (χ1v) is 11.7. The fourth-order valence-corrected chi connectivity index (χ4v) is 3.96. The number of rotatable bonds is 11. The summed E-state index contributed by atoms with van der Waals surface area (Å²) in [7, 11) is 0. The smallest absolute Gasteiger partial charge is 0.303 e. The molecule has 0 spiro atoms. The van der Waals surface area contributed by atoms with E-state index in [1.165, 1.54) is 0 Å². The number of morpholine rings is 1. The van der Waals surface area contributed by atoms with Crippen molar-refractivity contribution in [3.63, 3.8) is 0 Å². The maximum Gasteiger partial charge on any atom is 0.303 e. The van der Waals surface area contributed by atoms with Gasteiger partial charge in [0.1, 0.15) is 0 Å². The third-order valence-electron chi connectivity index (χ3n) is 5.97. The van der Waals surface area contributed by atoms with Crippen molar-refractivity contribution in [1.82, 2.24) is 10.2 Å². The molecule has 1 aliphatic heterocycles. The highest BCUT2D eigenvalue weighted by Crippen LogP contribution is 2.12. The lowest BCUT2D eigenvalue weighted by Crippen LogP contribution is -2.46. The molecule has 182 valence electrons. The number of carbonyl (C=O) groups excluding carboxylic acids is 2. The standard InChI is InChI=1S/C26H33N3O5/c27-23(18-20-6-9-21(10-7-20)26(33)29-14-16-34-17-15-29)25(32)28-22(12-13-24(30)31)11-8-19-4-2-1-3-5-19/h1-7,9-10,22-23H,8,11-18,27H2,(H,28,32)(H,30,31)/t22?,23-/m0/s1. The third-order valence-corrected chi connectivity index (χ3v) is 5.97. The molecule has 2 amide bonds. The van der Waals surface area contributed by atoms with Gasteiger partial charge in [-0.15, -0.1) is 0 Å². The maximum absolute atomic E-state index is 12.7. The normalized spacial score (nSPS) is 15.4. The molecule has 2 aromatic rings. The van der Waals surface area contributed by atoms with E-state index in [-0.39, 0.29) is 24.3 Å². The van der Waals surface area contributed by atoms with Crippen molar-refractivity contribution in [2.45, 2.75) is 44.2 Å². The second-order valence-electron chi connectivity index (χ2n) is 8.57. The van der Waals surface area contributed by atoms with E-state index in [2.05, 4.69) is 5.32 Å². The molecule has 4 N–H and O–H groups in total. The van der Waals surface area contributed by atoms with Crippen molar-refractivity contribution in [2.24, 2.45) is 5.73 Å². The van der Waals surface area contributed by atoms with E-state index >= 15 is 0 Å². The van der Waals surface area contributed by atoms with Gasteiger partial charge < -0.3 is 25.8 Å². The molecule has 8 nitrogen and oxygen atoms in total. The Morgan fingerprint density at radius 2 is 1.65 bits per heavy atom. The fraction of sp³-hybridized carbons (Fsp3) is 0.423. The number of carboxylic acid groups (broad SMARTS) is 1. The fourth-order valence-electron chi connectivity index (χ4n) is 3.96. The average Bonchev–Trinajstić information content (AvgIpc) is 2.86. The van der Waals surface area contributed by atoms with Crippen molar-refractivity contribution in [3.05, 3.63) is 71.3 Å². The molecule has 34 heavy (non-hydrogen) atoms. The number of nitrogens with zero attached hydrogens (tertiary/aromatic N) is 1. The zero-order valence-corrected chi connectivity index (χ0v) is 19.3. The van der Waals surface area contributed by atoms with Crippen molar-refractivity contribution in [3.8, 4) is 0 Å². The molecule has 0 bridgehead atoms. The van der Waals surface area contributed by atoms with E-state index < -0.39 is 12.0 Å². The molecule has 0 aliphatic carbocycles. The number of hydrogen-bond donors (Lipinski definition) is 3. The molecular weight excluding hydrogens is 434 g/mol. The molecule has 2 atom stereocenters. The highest BCUT2D eigenvalue weighted by molar-refractivity contribution is 5.94. The second-order valence-corrected chi connectivity index (χ2v) is 8.57. The summed E-state index contributed by atoms with van der Waals surface area (Å²) in [5, 5.41) is 12.0. The van der Waals surface area contributed by atoms with Gasteiger partial charge in [-0.2, -0.15) is 0 Å². The summed E-state index contributed by atoms with van der Waals surface area (Å²) in [5.41, 5.74) is 8.74. The Morgan fingerprint density at radius 3 is 2.29 bits per heavy atom. The van der Waals surface area contributed by atoms with Crippen molar-refractivity contribution >= 4 is 17.8 Å². The Labute approximate surface area is 200 Å². The first kappa shape index (κ1) is 25.4. The Hall–Kier alpha value is -3.23. The van der Waals surface area contributed by atoms with Gasteiger partial charge in [0.05, 0.1) is 19.3 Å². The summed E-state index contributed by atoms with van der Waals surface area (Å²) < 4.78 is 5.29. The molecule has 0 aromatic heterocycles. The number of hydrogen-bond acceptors (Lipinski definition) is 5. The average molecular weight is 468 g/mol. The van der Waals surface area contributed by atoms with Gasteiger partial charge in [-0.25, -0.2) is 0 Å². The van der Waals surface area contributed by atoms with Gasteiger partial charge in [0.15, 0.2) is 0 Å². The molecule has 0 saturated carbocycles. The molecule has 8 heteroatoms. The van der Waals surface area contributed by atoms with Crippen LogP contribution in [0.1, 0.15) is 40.7 Å². The maximum atomic E-state index is 12.7. The van der Waals surface area contributed by atoms with Crippen LogP contribution in [0, 0.1) is 0 Å². The minimum atomic E-state index is -0.894. The molecule has 1 unspecified atom stereocenters. The zero-order valence-electron chi connectivity index (χ0n) is 19.3. The highest BCUT2D eigenvalue weighted by atomic mass is 16.5. The quantitative estimate of drug-likeness (QED) is 0.465. The SMILES string of the molecule is N[C@@H](Cc1ccc(C(=O)N2CCOCC2)cc1)C(=O)NC(CCC(=O)O)CCc1ccccc1. The minimum absolute atomic E-state index is 0.0202. The molecular formula is C26H33N3O5. The van der Waals surface area contributed by atoms with E-state index in [0.29, 0.717) is 51.1 Å². The van der Waals surface area contributed by atoms with E-state index in [4.69, 9.17) is 15.6 Å². The number of carboxylic acids is 1. The van der Waals surface area contributed by atoms with Crippen molar-refractivity contribution in [2.75, 3.05) is 26.3 Å². The summed E-state index contributed by atoms with van der Waals surface area (Å²) in [4.78, 5) is 38.1. The van der Waals surface area contributed by atoms with Crippen LogP contribution in [0.4, 0.5) is 0 Å². The first-order valence-electron chi connectivity index (χ1n) is 11.7. The summed E-state index contributed by atoms with van der Waals surface area (Å²) in [6.07, 6.45) is 2.02. The Kier molecular flexibility index (Phi) is 9.61. The van der Waals surface area contributed by atoms with Crippen LogP contribution < -0.4 is 11.1 Å². The molecule has 1 saturated heterocycles. The zero-order chi connectivity index (χ0) is 24.3. The third kappa shape index (κ3) is 7.97. The van der Waals surface area contributed by atoms with Crippen LogP contribution in [0.3, 0.4) is 0 Å².